The summed E-state index contributed by atoms with van der Waals surface area (Å²) in [6, 6.07) is 0. The first-order valence-electron chi connectivity index (χ1n) is 2.62. The van der Waals surface area contributed by atoms with Gasteiger partial charge in [0.1, 0.15) is 5.69 Å². The Kier molecular flexibility index (Phi) is 2.17. The minimum Gasteiger partial charge on any atom is -0.465 e. The lowest BCUT2D eigenvalue weighted by Crippen LogP contribution is -2.28. The van der Waals surface area contributed by atoms with Gasteiger partial charge in [0.15, 0.2) is 0 Å². The molecule has 6 heteroatoms. The molecule has 2 N–H and O–H groups in total. The van der Waals surface area contributed by atoms with Gasteiger partial charge in [-0.25, -0.2) is 9.78 Å². The molecule has 0 saturated heterocycles. The molecule has 0 aliphatic rings. The van der Waals surface area contributed by atoms with E-state index in [9.17, 15) is 9.59 Å². The van der Waals surface area contributed by atoms with E-state index in [1.165, 1.54) is 22.2 Å². The maximum atomic E-state index is 10.8. The van der Waals surface area contributed by atoms with Crippen LogP contribution in [0, 0.1) is 0 Å². The van der Waals surface area contributed by atoms with Gasteiger partial charge >= 0.3 is 6.09 Å². The summed E-state index contributed by atoms with van der Waals surface area (Å²) >= 11 is 1.23. The maximum absolute atomic E-state index is 10.8. The number of nitrogens with one attached hydrogen (secondary N) is 1. The molecule has 0 aromatic carbocycles. The zero-order valence-corrected chi connectivity index (χ0v) is 6.09. The van der Waals surface area contributed by atoms with Crippen molar-refractivity contribution in [3.63, 3.8) is 0 Å². The summed E-state index contributed by atoms with van der Waals surface area (Å²) in [5, 5.41) is 11.3. The quantitative estimate of drug-likeness (QED) is 0.648. The van der Waals surface area contributed by atoms with E-state index in [0.717, 1.165) is 0 Å². The second-order valence-corrected chi connectivity index (χ2v) is 2.35. The smallest absolute Gasteiger partial charge is 0.411 e. The number of imide groups is 1. The number of thiazole rings is 1. The van der Waals surface area contributed by atoms with Crippen LogP contribution in [0.1, 0.15) is 10.5 Å². The van der Waals surface area contributed by atoms with Crippen molar-refractivity contribution >= 4 is 23.3 Å². The highest BCUT2D eigenvalue weighted by atomic mass is 32.1. The van der Waals surface area contributed by atoms with Crippen molar-refractivity contribution in [2.24, 2.45) is 0 Å². The van der Waals surface area contributed by atoms with Gasteiger partial charge in [-0.3, -0.25) is 10.1 Å². The number of carboxylic acid groups (broad SMARTS) is 1. The van der Waals surface area contributed by atoms with Crippen molar-refractivity contribution in [3.05, 3.63) is 16.6 Å². The van der Waals surface area contributed by atoms with Crippen molar-refractivity contribution in [2.45, 2.75) is 0 Å². The number of carbonyl (C=O) groups excluding carboxylic acids is 1. The van der Waals surface area contributed by atoms with Gasteiger partial charge < -0.3 is 5.11 Å². The Balaban J connectivity index is 2.64. The normalized spacial score (nSPS) is 9.09. The van der Waals surface area contributed by atoms with Gasteiger partial charge in [-0.1, -0.05) is 0 Å². The van der Waals surface area contributed by atoms with Crippen molar-refractivity contribution < 1.29 is 14.7 Å². The van der Waals surface area contributed by atoms with Gasteiger partial charge in [0.05, 0.1) is 5.51 Å². The summed E-state index contributed by atoms with van der Waals surface area (Å²) in [4.78, 5) is 24.3. The van der Waals surface area contributed by atoms with E-state index < -0.39 is 12.0 Å². The van der Waals surface area contributed by atoms with Crippen LogP contribution < -0.4 is 5.32 Å². The predicted octanol–water partition coefficient (Wildman–Crippen LogP) is 0.551. The summed E-state index contributed by atoms with van der Waals surface area (Å²) in [7, 11) is 0. The standard InChI is InChI=1S/C5H4N2O3S/c8-4(7-5(9)10)3-1-11-2-6-3/h1-2H,(H,7,8)(H,9,10). The van der Waals surface area contributed by atoms with E-state index in [0.29, 0.717) is 0 Å². The Hall–Kier alpha value is -1.43. The minimum absolute atomic E-state index is 0.123. The molecule has 0 aliphatic heterocycles. The first kappa shape index (κ1) is 7.67. The third-order valence-corrected chi connectivity index (χ3v) is 1.47. The van der Waals surface area contributed by atoms with Gasteiger partial charge in [0.2, 0.25) is 0 Å². The van der Waals surface area contributed by atoms with Crippen LogP contribution in [0.15, 0.2) is 10.9 Å². The zero-order chi connectivity index (χ0) is 8.27. The van der Waals surface area contributed by atoms with E-state index in [4.69, 9.17) is 5.11 Å². The van der Waals surface area contributed by atoms with E-state index in [-0.39, 0.29) is 5.69 Å². The van der Waals surface area contributed by atoms with Crippen LogP contribution >= 0.6 is 11.3 Å². The van der Waals surface area contributed by atoms with Gasteiger partial charge in [-0.2, -0.15) is 0 Å². The van der Waals surface area contributed by atoms with Gasteiger partial charge in [-0.15, -0.1) is 11.3 Å². The lowest BCUT2D eigenvalue weighted by atomic mass is 10.5. The fourth-order valence-electron chi connectivity index (χ4n) is 0.486. The van der Waals surface area contributed by atoms with Crippen molar-refractivity contribution in [1.82, 2.24) is 10.3 Å². The summed E-state index contributed by atoms with van der Waals surface area (Å²) < 4.78 is 0. The average molecular weight is 172 g/mol. The second kappa shape index (κ2) is 3.11. The summed E-state index contributed by atoms with van der Waals surface area (Å²) in [5.41, 5.74) is 1.58. The van der Waals surface area contributed by atoms with E-state index in [1.54, 1.807) is 5.32 Å². The monoisotopic (exact) mass is 172 g/mol. The Labute approximate surface area is 65.7 Å². The molecule has 11 heavy (non-hydrogen) atoms. The molecule has 0 fully saturated rings. The number of rotatable bonds is 1. The van der Waals surface area contributed by atoms with Crippen LogP contribution in [0.25, 0.3) is 0 Å². The number of hydrogen-bond donors (Lipinski definition) is 2. The van der Waals surface area contributed by atoms with Crippen LogP contribution in [-0.4, -0.2) is 22.1 Å². The minimum atomic E-state index is -1.37. The molecule has 0 bridgehead atoms. The number of amides is 2. The SMILES string of the molecule is O=C(O)NC(=O)c1cscn1. The fraction of sp³-hybridized carbons (Fsp3) is 0. The van der Waals surface area contributed by atoms with Crippen molar-refractivity contribution in [1.29, 1.82) is 0 Å². The molecule has 0 radical (unpaired) electrons. The Bertz CT molecular complexity index is 269. The van der Waals surface area contributed by atoms with Crippen LogP contribution in [0.3, 0.4) is 0 Å². The van der Waals surface area contributed by atoms with Crippen LogP contribution in [0.2, 0.25) is 0 Å². The van der Waals surface area contributed by atoms with E-state index in [2.05, 4.69) is 4.98 Å². The van der Waals surface area contributed by atoms with Crippen molar-refractivity contribution in [2.75, 3.05) is 0 Å². The number of carbonyl (C=O) groups is 2. The predicted molar refractivity (Wildman–Crippen MR) is 37.6 cm³/mol. The largest absolute Gasteiger partial charge is 0.465 e. The lowest BCUT2D eigenvalue weighted by molar-refractivity contribution is 0.0944. The van der Waals surface area contributed by atoms with Gasteiger partial charge in [0.25, 0.3) is 5.91 Å². The molecule has 1 heterocycles. The third kappa shape index (κ3) is 2.01. The molecular weight excluding hydrogens is 168 g/mol. The zero-order valence-electron chi connectivity index (χ0n) is 5.27. The molecule has 58 valence electrons. The summed E-state index contributed by atoms with van der Waals surface area (Å²) in [5.74, 6) is -0.696. The second-order valence-electron chi connectivity index (χ2n) is 1.63. The Morgan fingerprint density at radius 3 is 2.82 bits per heavy atom. The highest BCUT2D eigenvalue weighted by Gasteiger charge is 2.09. The first-order chi connectivity index (χ1) is 5.20. The molecule has 2 amide bonds. The highest BCUT2D eigenvalue weighted by Crippen LogP contribution is 1.99. The lowest BCUT2D eigenvalue weighted by Gasteiger charge is -1.92. The first-order valence-corrected chi connectivity index (χ1v) is 3.57. The molecule has 5 nitrogen and oxygen atoms in total. The molecule has 0 spiro atoms. The van der Waals surface area contributed by atoms with E-state index >= 15 is 0 Å². The molecule has 0 unspecified atom stereocenters. The molecule has 0 atom stereocenters. The number of nitrogens with zero attached hydrogens (tertiary/aromatic N) is 1. The van der Waals surface area contributed by atoms with Crippen LogP contribution in [-0.2, 0) is 0 Å². The highest BCUT2D eigenvalue weighted by molar-refractivity contribution is 7.07. The fourth-order valence-corrected chi connectivity index (χ4v) is 1.02. The van der Waals surface area contributed by atoms with Crippen molar-refractivity contribution in [3.8, 4) is 0 Å². The van der Waals surface area contributed by atoms with Gasteiger partial charge in [-0.05, 0) is 0 Å². The summed E-state index contributed by atoms with van der Waals surface area (Å²) in [6.07, 6.45) is -1.37. The number of hydrogen-bond acceptors (Lipinski definition) is 4. The van der Waals surface area contributed by atoms with E-state index in [1.807, 2.05) is 0 Å². The molecule has 1 rings (SSSR count). The molecular formula is C5H4N2O3S. The molecule has 1 aromatic heterocycles. The maximum Gasteiger partial charge on any atom is 0.411 e. The van der Waals surface area contributed by atoms with Crippen LogP contribution in [0.5, 0.6) is 0 Å². The summed E-state index contributed by atoms with van der Waals surface area (Å²) in [6.45, 7) is 0. The van der Waals surface area contributed by atoms with Gasteiger partial charge in [0, 0.05) is 5.38 Å². The Morgan fingerprint density at radius 1 is 1.64 bits per heavy atom. The molecule has 0 aliphatic carbocycles. The topological polar surface area (TPSA) is 79.3 Å². The molecule has 0 saturated carbocycles. The van der Waals surface area contributed by atoms with Crippen LogP contribution in [0.4, 0.5) is 4.79 Å². The Morgan fingerprint density at radius 2 is 2.36 bits per heavy atom. The number of aromatic nitrogens is 1. The third-order valence-electron chi connectivity index (χ3n) is 0.885. The average Bonchev–Trinajstić information content (AvgIpc) is 2.35. The molecule has 1 aromatic rings.